The maximum atomic E-state index is 13.9. The van der Waals surface area contributed by atoms with Crippen molar-refractivity contribution in [2.24, 2.45) is 0 Å². The summed E-state index contributed by atoms with van der Waals surface area (Å²) in [4.78, 5) is 6.86. The molecule has 2 aliphatic heterocycles. The Bertz CT molecular complexity index is 751. The molecule has 2 aliphatic rings. The molecule has 0 N–H and O–H groups in total. The standard InChI is InChI=1S/C19H21FN2O/c1-13-3-4-14(9-17(13)20)18-10-16-15(11-21-18)12-23-19(16)5-7-22(2)8-6-19/h3-4,9-11H,5-8,12H2,1-2H3. The third kappa shape index (κ3) is 2.46. The molecular weight excluding hydrogens is 291 g/mol. The molecule has 1 fully saturated rings. The number of nitrogens with zero attached hydrogens (tertiary/aromatic N) is 2. The molecule has 1 spiro atoms. The van der Waals surface area contributed by atoms with Crippen LogP contribution in [0.5, 0.6) is 0 Å². The first-order valence-corrected chi connectivity index (χ1v) is 8.16. The fourth-order valence-electron chi connectivity index (χ4n) is 3.62. The Hall–Kier alpha value is -1.78. The van der Waals surface area contributed by atoms with Gasteiger partial charge in [0.05, 0.1) is 17.9 Å². The highest BCUT2D eigenvalue weighted by atomic mass is 19.1. The number of halogens is 1. The summed E-state index contributed by atoms with van der Waals surface area (Å²) in [6.07, 6.45) is 3.90. The molecule has 120 valence electrons. The maximum absolute atomic E-state index is 13.9. The topological polar surface area (TPSA) is 25.4 Å². The molecule has 4 rings (SSSR count). The molecule has 0 saturated carbocycles. The predicted molar refractivity (Wildman–Crippen MR) is 87.6 cm³/mol. The first-order valence-electron chi connectivity index (χ1n) is 8.16. The third-order valence-electron chi connectivity index (χ3n) is 5.24. The highest BCUT2D eigenvalue weighted by Gasteiger charge is 2.42. The zero-order valence-electron chi connectivity index (χ0n) is 13.6. The van der Waals surface area contributed by atoms with Gasteiger partial charge in [-0.05, 0) is 50.1 Å². The van der Waals surface area contributed by atoms with E-state index >= 15 is 0 Å². The van der Waals surface area contributed by atoms with Gasteiger partial charge in [-0.25, -0.2) is 4.39 Å². The van der Waals surface area contributed by atoms with Crippen LogP contribution >= 0.6 is 0 Å². The third-order valence-corrected chi connectivity index (χ3v) is 5.24. The Kier molecular flexibility index (Phi) is 3.47. The highest BCUT2D eigenvalue weighted by molar-refractivity contribution is 5.61. The largest absolute Gasteiger partial charge is 0.365 e. The molecule has 23 heavy (non-hydrogen) atoms. The number of benzene rings is 1. The fraction of sp³-hybridized carbons (Fsp3) is 0.421. The zero-order valence-corrected chi connectivity index (χ0v) is 13.6. The minimum Gasteiger partial charge on any atom is -0.365 e. The lowest BCUT2D eigenvalue weighted by molar-refractivity contribution is -0.0755. The van der Waals surface area contributed by atoms with E-state index in [1.807, 2.05) is 12.3 Å². The molecule has 4 heteroatoms. The van der Waals surface area contributed by atoms with Crippen molar-refractivity contribution in [3.63, 3.8) is 0 Å². The number of fused-ring (bicyclic) bond motifs is 2. The summed E-state index contributed by atoms with van der Waals surface area (Å²) in [6, 6.07) is 7.42. The van der Waals surface area contributed by atoms with Gasteiger partial charge < -0.3 is 9.64 Å². The Morgan fingerprint density at radius 1 is 1.22 bits per heavy atom. The summed E-state index contributed by atoms with van der Waals surface area (Å²) in [5, 5.41) is 0. The lowest BCUT2D eigenvalue weighted by Gasteiger charge is -2.37. The van der Waals surface area contributed by atoms with Gasteiger partial charge in [-0.2, -0.15) is 0 Å². The van der Waals surface area contributed by atoms with E-state index in [2.05, 4.69) is 23.0 Å². The lowest BCUT2D eigenvalue weighted by atomic mass is 9.84. The van der Waals surface area contributed by atoms with Gasteiger partial charge in [-0.3, -0.25) is 4.98 Å². The summed E-state index contributed by atoms with van der Waals surface area (Å²) in [7, 11) is 2.15. The number of ether oxygens (including phenoxy) is 1. The molecule has 0 atom stereocenters. The van der Waals surface area contributed by atoms with Crippen LogP contribution in [0.25, 0.3) is 11.3 Å². The summed E-state index contributed by atoms with van der Waals surface area (Å²) in [6.45, 7) is 4.48. The second-order valence-corrected chi connectivity index (χ2v) is 6.78. The molecule has 3 heterocycles. The number of hydrogen-bond donors (Lipinski definition) is 0. The number of aromatic nitrogens is 1. The van der Waals surface area contributed by atoms with E-state index in [1.165, 1.54) is 11.1 Å². The average molecular weight is 312 g/mol. The van der Waals surface area contributed by atoms with Crippen LogP contribution in [0.4, 0.5) is 4.39 Å². The molecule has 0 unspecified atom stereocenters. The number of likely N-dealkylation sites (tertiary alicyclic amines) is 1. The van der Waals surface area contributed by atoms with Gasteiger partial charge in [0.2, 0.25) is 0 Å². The van der Waals surface area contributed by atoms with E-state index in [0.29, 0.717) is 12.2 Å². The SMILES string of the molecule is Cc1ccc(-c2cc3c(cn2)COC32CCN(C)CC2)cc1F. The lowest BCUT2D eigenvalue weighted by Crippen LogP contribution is -2.40. The Morgan fingerprint density at radius 2 is 2.00 bits per heavy atom. The molecule has 0 amide bonds. The molecule has 3 nitrogen and oxygen atoms in total. The van der Waals surface area contributed by atoms with Crippen LogP contribution in [0, 0.1) is 12.7 Å². The van der Waals surface area contributed by atoms with Crippen molar-refractivity contribution in [2.45, 2.75) is 32.0 Å². The van der Waals surface area contributed by atoms with Crippen LogP contribution < -0.4 is 0 Å². The van der Waals surface area contributed by atoms with Crippen LogP contribution in [0.2, 0.25) is 0 Å². The van der Waals surface area contributed by atoms with Crippen molar-refractivity contribution < 1.29 is 9.13 Å². The van der Waals surface area contributed by atoms with E-state index in [0.717, 1.165) is 37.2 Å². The van der Waals surface area contributed by atoms with E-state index in [-0.39, 0.29) is 11.4 Å². The van der Waals surface area contributed by atoms with E-state index in [4.69, 9.17) is 4.74 Å². The number of aryl methyl sites for hydroxylation is 1. The van der Waals surface area contributed by atoms with Gasteiger partial charge in [0.15, 0.2) is 0 Å². The molecule has 1 saturated heterocycles. The number of rotatable bonds is 1. The van der Waals surface area contributed by atoms with E-state index in [1.54, 1.807) is 19.1 Å². The first kappa shape index (κ1) is 14.8. The second-order valence-electron chi connectivity index (χ2n) is 6.78. The van der Waals surface area contributed by atoms with E-state index in [9.17, 15) is 4.39 Å². The summed E-state index contributed by atoms with van der Waals surface area (Å²) in [5.74, 6) is -0.185. The molecule has 0 aliphatic carbocycles. The van der Waals surface area contributed by atoms with Crippen molar-refractivity contribution in [1.29, 1.82) is 0 Å². The number of piperidine rings is 1. The molecular formula is C19H21FN2O. The van der Waals surface area contributed by atoms with Crippen LogP contribution in [-0.2, 0) is 16.9 Å². The predicted octanol–water partition coefficient (Wildman–Crippen LogP) is 3.65. The van der Waals surface area contributed by atoms with Crippen LogP contribution in [0.3, 0.4) is 0 Å². The van der Waals surface area contributed by atoms with Crippen LogP contribution in [0.15, 0.2) is 30.5 Å². The molecule has 0 radical (unpaired) electrons. The molecule has 1 aromatic heterocycles. The summed E-state index contributed by atoms with van der Waals surface area (Å²) < 4.78 is 20.1. The van der Waals surface area contributed by atoms with Crippen LogP contribution in [-0.4, -0.2) is 30.0 Å². The van der Waals surface area contributed by atoms with E-state index < -0.39 is 0 Å². The van der Waals surface area contributed by atoms with Gasteiger partial charge in [-0.15, -0.1) is 0 Å². The summed E-state index contributed by atoms with van der Waals surface area (Å²) in [5.41, 5.74) is 4.55. The van der Waals surface area contributed by atoms with Gasteiger partial charge in [0.25, 0.3) is 0 Å². The average Bonchev–Trinajstić information content (AvgIpc) is 2.91. The van der Waals surface area contributed by atoms with Crippen LogP contribution in [0.1, 0.15) is 29.5 Å². The monoisotopic (exact) mass is 312 g/mol. The Labute approximate surface area is 136 Å². The minimum atomic E-state index is -0.185. The van der Waals surface area contributed by atoms with Gasteiger partial charge in [-0.1, -0.05) is 12.1 Å². The molecule has 2 aromatic rings. The zero-order chi connectivity index (χ0) is 16.0. The number of pyridine rings is 1. The van der Waals surface area contributed by atoms with Gasteiger partial charge in [0, 0.05) is 30.4 Å². The molecule has 1 aromatic carbocycles. The van der Waals surface area contributed by atoms with Crippen molar-refractivity contribution >= 4 is 0 Å². The maximum Gasteiger partial charge on any atom is 0.126 e. The smallest absolute Gasteiger partial charge is 0.126 e. The number of hydrogen-bond acceptors (Lipinski definition) is 3. The molecule has 0 bridgehead atoms. The first-order chi connectivity index (χ1) is 11.1. The van der Waals surface area contributed by atoms with Crippen molar-refractivity contribution in [1.82, 2.24) is 9.88 Å². The van der Waals surface area contributed by atoms with Crippen molar-refractivity contribution in [2.75, 3.05) is 20.1 Å². The van der Waals surface area contributed by atoms with Gasteiger partial charge >= 0.3 is 0 Å². The Morgan fingerprint density at radius 3 is 2.74 bits per heavy atom. The van der Waals surface area contributed by atoms with Crippen molar-refractivity contribution in [3.8, 4) is 11.3 Å². The second kappa shape index (κ2) is 5.39. The fourth-order valence-corrected chi connectivity index (χ4v) is 3.62. The Balaban J connectivity index is 1.74. The van der Waals surface area contributed by atoms with Crippen molar-refractivity contribution in [3.05, 3.63) is 53.0 Å². The summed E-state index contributed by atoms with van der Waals surface area (Å²) >= 11 is 0. The van der Waals surface area contributed by atoms with Gasteiger partial charge in [0.1, 0.15) is 5.82 Å². The quantitative estimate of drug-likeness (QED) is 0.804. The normalized spacial score (nSPS) is 20.0. The minimum absolute atomic E-state index is 0.178. The highest BCUT2D eigenvalue weighted by Crippen LogP contribution is 2.44.